The van der Waals surface area contributed by atoms with Crippen molar-refractivity contribution < 1.29 is 46.9 Å². The van der Waals surface area contributed by atoms with Crippen LogP contribution >= 0.6 is 0 Å². The third kappa shape index (κ3) is 12.1. The van der Waals surface area contributed by atoms with Crippen molar-refractivity contribution in [3.63, 3.8) is 0 Å². The van der Waals surface area contributed by atoms with Crippen molar-refractivity contribution in [2.45, 2.75) is 153 Å². The predicted octanol–water partition coefficient (Wildman–Crippen LogP) is 4.93. The van der Waals surface area contributed by atoms with E-state index in [0.29, 0.717) is 39.0 Å². The van der Waals surface area contributed by atoms with E-state index in [1.54, 1.807) is 75.6 Å². The third-order valence-corrected chi connectivity index (χ3v) is 11.4. The van der Waals surface area contributed by atoms with E-state index in [2.05, 4.69) is 21.3 Å². The summed E-state index contributed by atoms with van der Waals surface area (Å²) in [6.45, 7) is 13.1. The predicted molar refractivity (Wildman–Crippen MR) is 219 cm³/mol. The Kier molecular flexibility index (Phi) is 14.7. The number of unbranched alkanes of at least 4 members (excludes halogenated alkanes) is 1. The van der Waals surface area contributed by atoms with Gasteiger partial charge >= 0.3 is 12.2 Å². The van der Waals surface area contributed by atoms with E-state index < -0.39 is 35.5 Å². The molecule has 0 radical (unpaired) electrons. The van der Waals surface area contributed by atoms with Gasteiger partial charge in [-0.25, -0.2) is 18.4 Å². The van der Waals surface area contributed by atoms with Crippen molar-refractivity contribution in [3.8, 4) is 0 Å². The van der Waals surface area contributed by atoms with Crippen molar-refractivity contribution in [1.29, 1.82) is 0 Å². The summed E-state index contributed by atoms with van der Waals surface area (Å²) in [5, 5.41) is 12.6. The molecule has 8 atom stereocenters. The highest BCUT2D eigenvalue weighted by Crippen LogP contribution is 2.31. The highest BCUT2D eigenvalue weighted by molar-refractivity contribution is 5.87. The standard InChI is InChI=1S/C44H62F2N6O8/c1-43(2,3)59-41(55)49-33(39(53)51-21-19-31-37(51)35(23-47-31)57-25-27-11-15-29(45)16-12-27)9-7-8-10-34(50-42(56)60-44(4,5)6)40(54)52-22-20-32-38(52)36(24-48-32)58-26-28-13-17-30(46)18-14-28/h11-18,31-38,47-48H,7-10,19-26H2,1-6H3,(H,49,55)(H,50,56)/t31-,32-,33?,34?,35+,36+,37+,38+/m1/s1. The van der Waals surface area contributed by atoms with Crippen molar-refractivity contribution in [1.82, 2.24) is 31.1 Å². The molecule has 4 N–H and O–H groups in total. The summed E-state index contributed by atoms with van der Waals surface area (Å²) in [5.74, 6) is -1.17. The van der Waals surface area contributed by atoms with Gasteiger partial charge in [-0.2, -0.15) is 0 Å². The number of hydrogen-bond donors (Lipinski definition) is 4. The van der Waals surface area contributed by atoms with E-state index in [9.17, 15) is 28.0 Å². The third-order valence-electron chi connectivity index (χ3n) is 11.4. The van der Waals surface area contributed by atoms with Crippen molar-refractivity contribution in [2.75, 3.05) is 26.2 Å². The minimum absolute atomic E-state index is 0.0215. The van der Waals surface area contributed by atoms with Gasteiger partial charge in [0.15, 0.2) is 0 Å². The number of nitrogens with one attached hydrogen (secondary N) is 4. The molecule has 4 amide bonds. The van der Waals surface area contributed by atoms with E-state index in [1.807, 2.05) is 0 Å². The minimum Gasteiger partial charge on any atom is -0.444 e. The molecule has 4 fully saturated rings. The fourth-order valence-corrected chi connectivity index (χ4v) is 8.68. The number of hydrogen-bond acceptors (Lipinski definition) is 10. The number of nitrogens with zero attached hydrogens (tertiary/aromatic N) is 2. The molecule has 0 aliphatic carbocycles. The van der Waals surface area contributed by atoms with Gasteiger partial charge in [-0.1, -0.05) is 37.1 Å². The maximum Gasteiger partial charge on any atom is 0.408 e. The highest BCUT2D eigenvalue weighted by atomic mass is 19.1. The van der Waals surface area contributed by atoms with Crippen molar-refractivity contribution in [2.24, 2.45) is 0 Å². The minimum atomic E-state index is -0.923. The van der Waals surface area contributed by atoms with E-state index >= 15 is 0 Å². The van der Waals surface area contributed by atoms with Crippen molar-refractivity contribution >= 4 is 24.0 Å². The van der Waals surface area contributed by atoms with Crippen LogP contribution in [0, 0.1) is 11.6 Å². The molecule has 60 heavy (non-hydrogen) atoms. The number of rotatable bonds is 15. The smallest absolute Gasteiger partial charge is 0.408 e. The van der Waals surface area contributed by atoms with E-state index in [0.717, 1.165) is 24.0 Å². The summed E-state index contributed by atoms with van der Waals surface area (Å²) in [6.07, 6.45) is 0.777. The quantitative estimate of drug-likeness (QED) is 0.181. The molecule has 6 rings (SSSR count). The zero-order valence-electron chi connectivity index (χ0n) is 35.6. The molecular weight excluding hydrogens is 779 g/mol. The second-order valence-electron chi connectivity index (χ2n) is 18.3. The molecular formula is C44H62F2N6O8. The van der Waals surface area contributed by atoms with Gasteiger partial charge in [-0.15, -0.1) is 0 Å². The average Bonchev–Trinajstić information content (AvgIpc) is 3.97. The van der Waals surface area contributed by atoms with Gasteiger partial charge in [0.05, 0.1) is 37.5 Å². The van der Waals surface area contributed by atoms with Crippen LogP contribution in [0.3, 0.4) is 0 Å². The first-order chi connectivity index (χ1) is 28.4. The highest BCUT2D eigenvalue weighted by Gasteiger charge is 2.49. The fourth-order valence-electron chi connectivity index (χ4n) is 8.68. The number of halogens is 2. The number of amides is 4. The molecule has 16 heteroatoms. The first-order valence-electron chi connectivity index (χ1n) is 21.2. The summed E-state index contributed by atoms with van der Waals surface area (Å²) in [4.78, 5) is 58.6. The lowest BCUT2D eigenvalue weighted by Crippen LogP contribution is -2.54. The Bertz CT molecular complexity index is 1660. The van der Waals surface area contributed by atoms with Crippen molar-refractivity contribution in [3.05, 3.63) is 71.3 Å². The molecule has 4 aliphatic heterocycles. The first-order valence-corrected chi connectivity index (χ1v) is 21.2. The molecule has 0 spiro atoms. The van der Waals surface area contributed by atoms with Gasteiger partial charge in [0.2, 0.25) is 11.8 Å². The van der Waals surface area contributed by atoms with E-state index in [4.69, 9.17) is 18.9 Å². The van der Waals surface area contributed by atoms with Gasteiger partial charge in [0.1, 0.15) is 34.9 Å². The number of fused-ring (bicyclic) bond motifs is 2. The molecule has 330 valence electrons. The Morgan fingerprint density at radius 1 is 0.650 bits per heavy atom. The number of benzene rings is 2. The molecule has 0 saturated carbocycles. The van der Waals surface area contributed by atoms with Crippen LogP contribution < -0.4 is 21.3 Å². The Labute approximate surface area is 351 Å². The summed E-state index contributed by atoms with van der Waals surface area (Å²) in [7, 11) is 0. The Morgan fingerprint density at radius 3 is 1.37 bits per heavy atom. The van der Waals surface area contributed by atoms with Gasteiger partial charge < -0.3 is 50.0 Å². The van der Waals surface area contributed by atoms with Crippen LogP contribution in [0.1, 0.15) is 91.2 Å². The maximum absolute atomic E-state index is 14.4. The lowest BCUT2D eigenvalue weighted by atomic mass is 10.0. The molecule has 4 heterocycles. The molecule has 2 unspecified atom stereocenters. The molecule has 0 bridgehead atoms. The van der Waals surface area contributed by atoms with Crippen LogP contribution in [0.4, 0.5) is 18.4 Å². The number of carbonyl (C=O) groups excluding carboxylic acids is 4. The van der Waals surface area contributed by atoms with Crippen LogP contribution in [0.15, 0.2) is 48.5 Å². The van der Waals surface area contributed by atoms with Gasteiger partial charge in [-0.3, -0.25) is 9.59 Å². The summed E-state index contributed by atoms with van der Waals surface area (Å²) in [5.41, 5.74) is 0.0520. The number of ether oxygens (including phenoxy) is 4. The molecule has 14 nitrogen and oxygen atoms in total. The van der Waals surface area contributed by atoms with Crippen LogP contribution in [0.5, 0.6) is 0 Å². The zero-order valence-corrected chi connectivity index (χ0v) is 35.6. The second kappa shape index (κ2) is 19.6. The molecule has 0 aromatic heterocycles. The van der Waals surface area contributed by atoms with Crippen LogP contribution in [-0.4, -0.2) is 120 Å². The summed E-state index contributed by atoms with van der Waals surface area (Å²) >= 11 is 0. The Morgan fingerprint density at radius 2 is 1.02 bits per heavy atom. The first kappa shape index (κ1) is 45.2. The molecule has 4 saturated heterocycles. The van der Waals surface area contributed by atoms with Crippen LogP contribution in [-0.2, 0) is 41.8 Å². The molecule has 2 aromatic rings. The maximum atomic E-state index is 14.4. The second-order valence-corrected chi connectivity index (χ2v) is 18.3. The fraction of sp³-hybridized carbons (Fsp3) is 0.636. The molecule has 4 aliphatic rings. The lowest BCUT2D eigenvalue weighted by molar-refractivity contribution is -0.138. The zero-order chi connectivity index (χ0) is 43.2. The topological polar surface area (TPSA) is 160 Å². The largest absolute Gasteiger partial charge is 0.444 e. The Hall–Kier alpha value is -4.38. The SMILES string of the molecule is CC(C)(C)OC(=O)NC(CCCCC(NC(=O)OC(C)(C)C)C(=O)N1CC[C@H]2NC[C@H](OCc3ccc(F)cc3)[C@H]21)C(=O)N1CC[C@H]2NC[C@H](OCc3ccc(F)cc3)[C@H]21. The molecule has 2 aromatic carbocycles. The Balaban J connectivity index is 1.11. The number of likely N-dealkylation sites (tertiary alicyclic amines) is 2. The summed E-state index contributed by atoms with van der Waals surface area (Å²) < 4.78 is 50.7. The lowest BCUT2D eigenvalue weighted by Gasteiger charge is -2.33. The average molecular weight is 841 g/mol. The van der Waals surface area contributed by atoms with E-state index in [1.165, 1.54) is 24.3 Å². The van der Waals surface area contributed by atoms with Crippen LogP contribution in [0.25, 0.3) is 0 Å². The van der Waals surface area contributed by atoms with Gasteiger partial charge in [0, 0.05) is 38.3 Å². The number of alkyl carbamates (subject to hydrolysis) is 2. The van der Waals surface area contributed by atoms with Gasteiger partial charge in [-0.05, 0) is 103 Å². The monoisotopic (exact) mass is 840 g/mol. The normalized spacial score (nSPS) is 24.7. The summed E-state index contributed by atoms with van der Waals surface area (Å²) in [6, 6.07) is 9.90. The number of carbonyl (C=O) groups is 4. The van der Waals surface area contributed by atoms with Gasteiger partial charge in [0.25, 0.3) is 0 Å². The van der Waals surface area contributed by atoms with Crippen LogP contribution in [0.2, 0.25) is 0 Å². The van der Waals surface area contributed by atoms with E-state index in [-0.39, 0.29) is 85.9 Å².